The topological polar surface area (TPSA) is 51.8 Å². The van der Waals surface area contributed by atoms with Gasteiger partial charge < -0.3 is 4.42 Å². The van der Waals surface area contributed by atoms with E-state index >= 15 is 0 Å². The van der Waals surface area contributed by atoms with Crippen LogP contribution in [-0.4, -0.2) is 15.0 Å². The normalized spacial score (nSPS) is 12.6. The highest BCUT2D eigenvalue weighted by atomic mass is 16.3. The molecule has 1 aliphatic rings. The molecule has 2 heterocycles. The van der Waals surface area contributed by atoms with Gasteiger partial charge in [-0.2, -0.15) is 0 Å². The summed E-state index contributed by atoms with van der Waals surface area (Å²) in [7, 11) is 0. The predicted molar refractivity (Wildman–Crippen MR) is 252 cm³/mol. The molecule has 1 aliphatic carbocycles. The molecular weight excluding hydrogens is 755 g/mol. The van der Waals surface area contributed by atoms with E-state index in [-0.39, 0.29) is 0 Å². The molecule has 62 heavy (non-hydrogen) atoms. The summed E-state index contributed by atoms with van der Waals surface area (Å²) in [6, 6.07) is 79.2. The van der Waals surface area contributed by atoms with Gasteiger partial charge in [0, 0.05) is 27.5 Å². The van der Waals surface area contributed by atoms with Gasteiger partial charge in [-0.3, -0.25) is 0 Å². The lowest BCUT2D eigenvalue weighted by Gasteiger charge is -2.33. The zero-order valence-electron chi connectivity index (χ0n) is 33.6. The lowest BCUT2D eigenvalue weighted by molar-refractivity contribution is 0.666. The Bertz CT molecular complexity index is 3380. The molecule has 4 heteroatoms. The molecule has 0 N–H and O–H groups in total. The van der Waals surface area contributed by atoms with Gasteiger partial charge in [-0.1, -0.05) is 200 Å². The molecule has 290 valence electrons. The summed E-state index contributed by atoms with van der Waals surface area (Å²) in [5, 5.41) is 2.21. The average molecular weight is 792 g/mol. The second kappa shape index (κ2) is 14.5. The first kappa shape index (κ1) is 35.7. The van der Waals surface area contributed by atoms with Crippen molar-refractivity contribution in [3.8, 4) is 67.5 Å². The molecule has 11 aromatic rings. The SMILES string of the molecule is c1ccc(-c2ccc(-c3nc(-c4ccccc4)nc(-c4ccc(-c5ccc6c(c5)oc5cc7c(cc56)-c5ccccc5C7(c5ccccc5)c5ccccc5)cc4)n3)cc2)cc1. The van der Waals surface area contributed by atoms with Crippen molar-refractivity contribution in [2.24, 2.45) is 0 Å². The number of rotatable bonds is 7. The van der Waals surface area contributed by atoms with Gasteiger partial charge in [0.25, 0.3) is 0 Å². The zero-order chi connectivity index (χ0) is 41.0. The van der Waals surface area contributed by atoms with Crippen LogP contribution in [0.15, 0.2) is 229 Å². The molecule has 9 aromatic carbocycles. The number of aromatic nitrogens is 3. The van der Waals surface area contributed by atoms with Crippen LogP contribution in [0.3, 0.4) is 0 Å². The highest BCUT2D eigenvalue weighted by Gasteiger charge is 2.46. The van der Waals surface area contributed by atoms with Crippen molar-refractivity contribution in [1.29, 1.82) is 0 Å². The molecule has 0 bridgehead atoms. The van der Waals surface area contributed by atoms with Gasteiger partial charge >= 0.3 is 0 Å². The molecule has 0 spiro atoms. The first-order valence-corrected chi connectivity index (χ1v) is 21.0. The Morgan fingerprint density at radius 1 is 0.290 bits per heavy atom. The van der Waals surface area contributed by atoms with E-state index in [1.54, 1.807) is 0 Å². The molecule has 2 aromatic heterocycles. The van der Waals surface area contributed by atoms with E-state index in [0.29, 0.717) is 17.5 Å². The predicted octanol–water partition coefficient (Wildman–Crippen LogP) is 14.5. The maximum atomic E-state index is 6.81. The fraction of sp³-hybridized carbons (Fsp3) is 0.0172. The highest BCUT2D eigenvalue weighted by molar-refractivity contribution is 6.09. The van der Waals surface area contributed by atoms with Crippen molar-refractivity contribution < 1.29 is 4.42 Å². The standard InChI is InChI=1S/C58H37N3O/c1-5-15-38(16-6-1)39-25-29-42(30-26-39)56-59-55(41-17-7-2-8-18-41)60-57(61-56)43-31-27-40(28-32-43)44-33-34-48-50-36-49-47-23-13-14-24-51(47)58(45-19-9-3-10-20-45,46-21-11-4-12-22-46)52(49)37-54(50)62-53(48)35-44/h1-37H. The van der Waals surface area contributed by atoms with Gasteiger partial charge in [-0.15, -0.1) is 0 Å². The second-order valence-electron chi connectivity index (χ2n) is 15.9. The quantitative estimate of drug-likeness (QED) is 0.161. The van der Waals surface area contributed by atoms with E-state index in [1.807, 2.05) is 36.4 Å². The Labute approximate surface area is 359 Å². The van der Waals surface area contributed by atoms with Crippen molar-refractivity contribution in [2.45, 2.75) is 5.41 Å². The third kappa shape index (κ3) is 5.80. The van der Waals surface area contributed by atoms with E-state index < -0.39 is 5.41 Å². The number of hydrogen-bond donors (Lipinski definition) is 0. The Morgan fingerprint density at radius 3 is 1.29 bits per heavy atom. The Morgan fingerprint density at radius 2 is 0.710 bits per heavy atom. The van der Waals surface area contributed by atoms with Crippen LogP contribution in [0.2, 0.25) is 0 Å². The zero-order valence-corrected chi connectivity index (χ0v) is 33.6. The molecule has 0 amide bonds. The fourth-order valence-electron chi connectivity index (χ4n) is 9.49. The van der Waals surface area contributed by atoms with Crippen LogP contribution >= 0.6 is 0 Å². The molecule has 0 unspecified atom stereocenters. The minimum Gasteiger partial charge on any atom is -0.456 e. The van der Waals surface area contributed by atoms with Crippen LogP contribution in [0.25, 0.3) is 89.5 Å². The van der Waals surface area contributed by atoms with Crippen molar-refractivity contribution in [3.05, 3.63) is 247 Å². The minimum atomic E-state index is -0.483. The van der Waals surface area contributed by atoms with Crippen LogP contribution in [-0.2, 0) is 5.41 Å². The largest absolute Gasteiger partial charge is 0.456 e. The first-order chi connectivity index (χ1) is 30.7. The average Bonchev–Trinajstić information content (AvgIpc) is 3.86. The van der Waals surface area contributed by atoms with Gasteiger partial charge in [0.05, 0.1) is 5.41 Å². The number of nitrogens with zero attached hydrogens (tertiary/aromatic N) is 3. The first-order valence-electron chi connectivity index (χ1n) is 21.0. The van der Waals surface area contributed by atoms with Gasteiger partial charge in [0.1, 0.15) is 11.2 Å². The van der Waals surface area contributed by atoms with Crippen LogP contribution in [0.5, 0.6) is 0 Å². The summed E-state index contributed by atoms with van der Waals surface area (Å²) >= 11 is 0. The summed E-state index contributed by atoms with van der Waals surface area (Å²) in [5.74, 6) is 1.89. The maximum absolute atomic E-state index is 6.81. The van der Waals surface area contributed by atoms with Crippen LogP contribution in [0.4, 0.5) is 0 Å². The maximum Gasteiger partial charge on any atom is 0.164 e. The summed E-state index contributed by atoms with van der Waals surface area (Å²) in [6.45, 7) is 0. The molecule has 0 fully saturated rings. The Balaban J connectivity index is 0.924. The van der Waals surface area contributed by atoms with E-state index in [4.69, 9.17) is 19.4 Å². The smallest absolute Gasteiger partial charge is 0.164 e. The number of fused-ring (bicyclic) bond motifs is 6. The number of hydrogen-bond acceptors (Lipinski definition) is 4. The van der Waals surface area contributed by atoms with Crippen molar-refractivity contribution >= 4 is 21.9 Å². The summed E-state index contributed by atoms with van der Waals surface area (Å²) in [6.07, 6.45) is 0. The minimum absolute atomic E-state index is 0.483. The van der Waals surface area contributed by atoms with Gasteiger partial charge in [0.2, 0.25) is 0 Å². The highest BCUT2D eigenvalue weighted by Crippen LogP contribution is 2.57. The van der Waals surface area contributed by atoms with Crippen molar-refractivity contribution in [2.75, 3.05) is 0 Å². The van der Waals surface area contributed by atoms with Crippen LogP contribution < -0.4 is 0 Å². The third-order valence-electron chi connectivity index (χ3n) is 12.4. The van der Waals surface area contributed by atoms with E-state index in [9.17, 15) is 0 Å². The van der Waals surface area contributed by atoms with Crippen molar-refractivity contribution in [3.63, 3.8) is 0 Å². The molecule has 0 atom stereocenters. The molecule has 0 saturated heterocycles. The number of benzene rings is 9. The Kier molecular flexibility index (Phi) is 8.36. The molecule has 4 nitrogen and oxygen atoms in total. The molecule has 12 rings (SSSR count). The Hall–Kier alpha value is -8.21. The van der Waals surface area contributed by atoms with Gasteiger partial charge in [0.15, 0.2) is 17.5 Å². The monoisotopic (exact) mass is 791 g/mol. The van der Waals surface area contributed by atoms with Crippen molar-refractivity contribution in [1.82, 2.24) is 15.0 Å². The summed E-state index contributed by atoms with van der Waals surface area (Å²) in [5.41, 5.74) is 16.0. The third-order valence-corrected chi connectivity index (χ3v) is 12.4. The second-order valence-corrected chi connectivity index (χ2v) is 15.9. The van der Waals surface area contributed by atoms with Gasteiger partial charge in [-0.05, 0) is 79.9 Å². The molecule has 0 aliphatic heterocycles. The fourth-order valence-corrected chi connectivity index (χ4v) is 9.49. The van der Waals surface area contributed by atoms with E-state index in [0.717, 1.165) is 55.3 Å². The molecule has 0 radical (unpaired) electrons. The lowest BCUT2D eigenvalue weighted by atomic mass is 9.67. The summed E-state index contributed by atoms with van der Waals surface area (Å²) in [4.78, 5) is 15.0. The van der Waals surface area contributed by atoms with Crippen LogP contribution in [0, 0.1) is 0 Å². The molecular formula is C58H37N3O. The number of furan rings is 1. The lowest BCUT2D eigenvalue weighted by Crippen LogP contribution is -2.28. The van der Waals surface area contributed by atoms with Gasteiger partial charge in [-0.25, -0.2) is 15.0 Å². The molecule has 0 saturated carbocycles. The summed E-state index contributed by atoms with van der Waals surface area (Å²) < 4.78 is 6.81. The van der Waals surface area contributed by atoms with Crippen LogP contribution in [0.1, 0.15) is 22.3 Å². The van der Waals surface area contributed by atoms with E-state index in [1.165, 1.54) is 38.9 Å². The van der Waals surface area contributed by atoms with E-state index in [2.05, 4.69) is 188 Å².